The Kier molecular flexibility index (Phi) is 4.36. The van der Waals surface area contributed by atoms with E-state index in [4.69, 9.17) is 0 Å². The lowest BCUT2D eigenvalue weighted by atomic mass is 10.1. The van der Waals surface area contributed by atoms with Crippen LogP contribution >= 0.6 is 0 Å². The molecule has 2 aromatic rings. The number of carbonyl (C=O) groups excluding carboxylic acids is 1. The lowest BCUT2D eigenvalue weighted by molar-refractivity contribution is -0.120. The maximum Gasteiger partial charge on any atom is 0.233 e. The molecule has 0 spiro atoms. The summed E-state index contributed by atoms with van der Waals surface area (Å²) in [5, 5.41) is 7.18. The minimum atomic E-state index is 0.0552. The molecule has 0 aliphatic rings. The van der Waals surface area contributed by atoms with Crippen molar-refractivity contribution in [1.82, 2.24) is 15.6 Å². The Balaban J connectivity index is 1.81. The number of aromatic nitrogens is 1. The van der Waals surface area contributed by atoms with Crippen LogP contribution in [0.5, 0.6) is 0 Å². The Morgan fingerprint density at radius 1 is 1.33 bits per heavy atom. The SMILES string of the molecule is CCCNC(=O)CNCc1ccc2[nH]ccc2c1. The Bertz CT molecular complexity index is 518. The first kappa shape index (κ1) is 12.6. The number of carbonyl (C=O) groups is 1. The van der Waals surface area contributed by atoms with Crippen LogP contribution in [0.25, 0.3) is 10.9 Å². The van der Waals surface area contributed by atoms with E-state index in [-0.39, 0.29) is 5.91 Å². The van der Waals surface area contributed by atoms with Gasteiger partial charge in [0, 0.05) is 24.8 Å². The second kappa shape index (κ2) is 6.21. The van der Waals surface area contributed by atoms with E-state index in [1.807, 2.05) is 19.2 Å². The highest BCUT2D eigenvalue weighted by atomic mass is 16.1. The van der Waals surface area contributed by atoms with Crippen molar-refractivity contribution in [3.05, 3.63) is 36.0 Å². The fraction of sp³-hybridized carbons (Fsp3) is 0.357. The van der Waals surface area contributed by atoms with Crippen molar-refractivity contribution in [3.63, 3.8) is 0 Å². The van der Waals surface area contributed by atoms with Crippen LogP contribution in [-0.2, 0) is 11.3 Å². The Morgan fingerprint density at radius 3 is 3.06 bits per heavy atom. The number of aromatic amines is 1. The molecule has 4 nitrogen and oxygen atoms in total. The average Bonchev–Trinajstić information content (AvgIpc) is 2.83. The molecule has 0 saturated heterocycles. The zero-order valence-corrected chi connectivity index (χ0v) is 10.6. The van der Waals surface area contributed by atoms with Gasteiger partial charge in [0.15, 0.2) is 0 Å². The Hall–Kier alpha value is -1.81. The van der Waals surface area contributed by atoms with Gasteiger partial charge in [-0.3, -0.25) is 4.79 Å². The number of nitrogens with one attached hydrogen (secondary N) is 3. The highest BCUT2D eigenvalue weighted by molar-refractivity contribution is 5.80. The molecule has 1 aromatic heterocycles. The van der Waals surface area contributed by atoms with E-state index in [0.717, 1.165) is 18.5 Å². The summed E-state index contributed by atoms with van der Waals surface area (Å²) in [5.74, 6) is 0.0552. The second-order valence-corrected chi connectivity index (χ2v) is 4.35. The van der Waals surface area contributed by atoms with Crippen molar-refractivity contribution in [1.29, 1.82) is 0 Å². The summed E-state index contributed by atoms with van der Waals surface area (Å²) >= 11 is 0. The largest absolute Gasteiger partial charge is 0.361 e. The van der Waals surface area contributed by atoms with Gasteiger partial charge in [0.1, 0.15) is 0 Å². The van der Waals surface area contributed by atoms with Gasteiger partial charge in [0.2, 0.25) is 5.91 Å². The maximum atomic E-state index is 11.4. The van der Waals surface area contributed by atoms with E-state index in [0.29, 0.717) is 13.1 Å². The summed E-state index contributed by atoms with van der Waals surface area (Å²) in [6.45, 7) is 3.86. The molecule has 0 aliphatic heterocycles. The van der Waals surface area contributed by atoms with E-state index in [2.05, 4.69) is 33.8 Å². The summed E-state index contributed by atoms with van der Waals surface area (Å²) in [7, 11) is 0. The lowest BCUT2D eigenvalue weighted by Gasteiger charge is -2.06. The van der Waals surface area contributed by atoms with Crippen molar-refractivity contribution in [2.75, 3.05) is 13.1 Å². The highest BCUT2D eigenvalue weighted by Gasteiger charge is 2.00. The lowest BCUT2D eigenvalue weighted by Crippen LogP contribution is -2.33. The fourth-order valence-corrected chi connectivity index (χ4v) is 1.86. The molecule has 1 amide bonds. The molecule has 0 bridgehead atoms. The van der Waals surface area contributed by atoms with Crippen molar-refractivity contribution >= 4 is 16.8 Å². The van der Waals surface area contributed by atoms with E-state index >= 15 is 0 Å². The number of amides is 1. The van der Waals surface area contributed by atoms with E-state index in [9.17, 15) is 4.79 Å². The minimum absolute atomic E-state index is 0.0552. The van der Waals surface area contributed by atoms with Gasteiger partial charge in [-0.05, 0) is 35.6 Å². The molecule has 0 radical (unpaired) electrons. The molecule has 96 valence electrons. The normalized spacial score (nSPS) is 10.7. The van der Waals surface area contributed by atoms with Gasteiger partial charge in [-0.1, -0.05) is 13.0 Å². The van der Waals surface area contributed by atoms with Gasteiger partial charge < -0.3 is 15.6 Å². The number of fused-ring (bicyclic) bond motifs is 1. The van der Waals surface area contributed by atoms with Crippen molar-refractivity contribution in [3.8, 4) is 0 Å². The number of rotatable bonds is 6. The first-order valence-corrected chi connectivity index (χ1v) is 6.33. The number of hydrogen-bond acceptors (Lipinski definition) is 2. The molecule has 0 aliphatic carbocycles. The third kappa shape index (κ3) is 3.34. The van der Waals surface area contributed by atoms with Crippen molar-refractivity contribution in [2.45, 2.75) is 19.9 Å². The van der Waals surface area contributed by atoms with Gasteiger partial charge in [-0.25, -0.2) is 0 Å². The number of hydrogen-bond donors (Lipinski definition) is 3. The predicted molar refractivity (Wildman–Crippen MR) is 73.3 cm³/mol. The molecule has 4 heteroatoms. The second-order valence-electron chi connectivity index (χ2n) is 4.35. The van der Waals surface area contributed by atoms with E-state index < -0.39 is 0 Å². The van der Waals surface area contributed by atoms with Crippen LogP contribution in [0.3, 0.4) is 0 Å². The predicted octanol–water partition coefficient (Wildman–Crippen LogP) is 1.78. The quantitative estimate of drug-likeness (QED) is 0.726. The maximum absolute atomic E-state index is 11.4. The van der Waals surface area contributed by atoms with Gasteiger partial charge >= 0.3 is 0 Å². The number of benzene rings is 1. The van der Waals surface area contributed by atoms with Crippen LogP contribution in [-0.4, -0.2) is 24.0 Å². The molecule has 0 unspecified atom stereocenters. The topological polar surface area (TPSA) is 56.9 Å². The van der Waals surface area contributed by atoms with Crippen molar-refractivity contribution in [2.24, 2.45) is 0 Å². The first-order valence-electron chi connectivity index (χ1n) is 6.33. The molecular weight excluding hydrogens is 226 g/mol. The van der Waals surface area contributed by atoms with Crippen LogP contribution < -0.4 is 10.6 Å². The Morgan fingerprint density at radius 2 is 2.22 bits per heavy atom. The first-order chi connectivity index (χ1) is 8.79. The molecule has 3 N–H and O–H groups in total. The van der Waals surface area contributed by atoms with Crippen LogP contribution in [0, 0.1) is 0 Å². The van der Waals surface area contributed by atoms with Gasteiger partial charge in [-0.2, -0.15) is 0 Å². The third-order valence-electron chi connectivity index (χ3n) is 2.80. The number of H-pyrrole nitrogens is 1. The smallest absolute Gasteiger partial charge is 0.233 e. The third-order valence-corrected chi connectivity index (χ3v) is 2.80. The molecule has 0 atom stereocenters. The average molecular weight is 245 g/mol. The zero-order chi connectivity index (χ0) is 12.8. The van der Waals surface area contributed by atoms with Crippen LogP contribution in [0.4, 0.5) is 0 Å². The fourth-order valence-electron chi connectivity index (χ4n) is 1.86. The molecular formula is C14H19N3O. The van der Waals surface area contributed by atoms with E-state index in [1.165, 1.54) is 10.9 Å². The zero-order valence-electron chi connectivity index (χ0n) is 10.6. The van der Waals surface area contributed by atoms with Gasteiger partial charge in [0.05, 0.1) is 6.54 Å². The van der Waals surface area contributed by atoms with Crippen molar-refractivity contribution < 1.29 is 4.79 Å². The van der Waals surface area contributed by atoms with E-state index in [1.54, 1.807) is 0 Å². The van der Waals surface area contributed by atoms with Gasteiger partial charge in [0.25, 0.3) is 0 Å². The van der Waals surface area contributed by atoms with Crippen LogP contribution in [0.2, 0.25) is 0 Å². The molecule has 0 saturated carbocycles. The summed E-state index contributed by atoms with van der Waals surface area (Å²) in [5.41, 5.74) is 2.32. The summed E-state index contributed by atoms with van der Waals surface area (Å²) < 4.78 is 0. The monoisotopic (exact) mass is 245 g/mol. The van der Waals surface area contributed by atoms with Gasteiger partial charge in [-0.15, -0.1) is 0 Å². The molecule has 2 rings (SSSR count). The molecule has 1 heterocycles. The molecule has 0 fully saturated rings. The summed E-state index contributed by atoms with van der Waals surface area (Å²) in [6, 6.07) is 8.30. The standard InChI is InChI=1S/C14H19N3O/c1-2-6-17-14(18)10-15-9-11-3-4-13-12(8-11)5-7-16-13/h3-5,7-8,15-16H,2,6,9-10H2,1H3,(H,17,18). The minimum Gasteiger partial charge on any atom is -0.361 e. The molecule has 18 heavy (non-hydrogen) atoms. The van der Waals surface area contributed by atoms with Crippen LogP contribution in [0.1, 0.15) is 18.9 Å². The Labute approximate surface area is 107 Å². The highest BCUT2D eigenvalue weighted by Crippen LogP contribution is 2.13. The van der Waals surface area contributed by atoms with Crippen LogP contribution in [0.15, 0.2) is 30.5 Å². The summed E-state index contributed by atoms with van der Waals surface area (Å²) in [6.07, 6.45) is 2.90. The summed E-state index contributed by atoms with van der Waals surface area (Å²) in [4.78, 5) is 14.5. The molecule has 1 aromatic carbocycles.